The summed E-state index contributed by atoms with van der Waals surface area (Å²) in [5, 5.41) is 14.0. The Labute approximate surface area is 116 Å². The lowest BCUT2D eigenvalue weighted by molar-refractivity contribution is -0.384. The van der Waals surface area contributed by atoms with Crippen LogP contribution in [0.4, 0.5) is 11.7 Å². The lowest BCUT2D eigenvalue weighted by Crippen LogP contribution is -2.17. The van der Waals surface area contributed by atoms with Crippen LogP contribution in [0, 0.1) is 15.5 Å². The first-order valence-corrected chi connectivity index (χ1v) is 6.74. The van der Waals surface area contributed by atoms with Gasteiger partial charge in [-0.3, -0.25) is 10.1 Å². The number of nitro groups is 1. The third-order valence-corrected chi connectivity index (χ3v) is 3.88. The van der Waals surface area contributed by atoms with Crippen LogP contribution in [0.15, 0.2) is 22.6 Å². The molecule has 0 bridgehead atoms. The summed E-state index contributed by atoms with van der Waals surface area (Å²) in [5.74, 6) is 0. The van der Waals surface area contributed by atoms with Crippen molar-refractivity contribution in [3.63, 3.8) is 0 Å². The highest BCUT2D eigenvalue weighted by molar-refractivity contribution is 5.77. The topological polar surface area (TPSA) is 81.2 Å². The van der Waals surface area contributed by atoms with Crippen LogP contribution in [0.2, 0.25) is 0 Å². The summed E-state index contributed by atoms with van der Waals surface area (Å²) in [7, 11) is 0. The van der Waals surface area contributed by atoms with E-state index in [1.807, 2.05) is 0 Å². The Morgan fingerprint density at radius 2 is 2.30 bits per heavy atom. The maximum atomic E-state index is 10.7. The molecule has 0 radical (unpaired) electrons. The molecule has 1 unspecified atom stereocenters. The fourth-order valence-electron chi connectivity index (χ4n) is 2.83. The number of benzene rings is 1. The first-order chi connectivity index (χ1) is 9.43. The third kappa shape index (κ3) is 2.45. The smallest absolute Gasteiger partial charge is 0.295 e. The molecule has 2 aromatic rings. The molecule has 3 rings (SSSR count). The van der Waals surface area contributed by atoms with E-state index in [4.69, 9.17) is 4.42 Å². The van der Waals surface area contributed by atoms with Crippen molar-refractivity contribution < 1.29 is 9.34 Å². The molecule has 1 N–H and O–H groups in total. The monoisotopic (exact) mass is 275 g/mol. The maximum absolute atomic E-state index is 10.7. The van der Waals surface area contributed by atoms with Crippen molar-refractivity contribution in [2.45, 2.75) is 39.2 Å². The van der Waals surface area contributed by atoms with Gasteiger partial charge < -0.3 is 9.73 Å². The quantitative estimate of drug-likeness (QED) is 0.681. The highest BCUT2D eigenvalue weighted by Crippen LogP contribution is 2.38. The van der Waals surface area contributed by atoms with E-state index in [-0.39, 0.29) is 5.69 Å². The number of hydrogen-bond donors (Lipinski definition) is 1. The molecule has 6 nitrogen and oxygen atoms in total. The zero-order valence-corrected chi connectivity index (χ0v) is 11.5. The van der Waals surface area contributed by atoms with Gasteiger partial charge in [0.2, 0.25) is 0 Å². The molecule has 0 saturated heterocycles. The van der Waals surface area contributed by atoms with Crippen LogP contribution in [-0.4, -0.2) is 15.9 Å². The number of rotatable bonds is 3. The van der Waals surface area contributed by atoms with Crippen LogP contribution >= 0.6 is 0 Å². The molecule has 1 heterocycles. The Kier molecular flexibility index (Phi) is 2.88. The summed E-state index contributed by atoms with van der Waals surface area (Å²) < 4.78 is 5.59. The molecule has 106 valence electrons. The second-order valence-corrected chi connectivity index (χ2v) is 6.18. The van der Waals surface area contributed by atoms with Gasteiger partial charge in [0.15, 0.2) is 5.58 Å². The summed E-state index contributed by atoms with van der Waals surface area (Å²) >= 11 is 0. The molecule has 6 heteroatoms. The van der Waals surface area contributed by atoms with Crippen LogP contribution in [0.1, 0.15) is 33.1 Å². The molecule has 1 atom stereocenters. The minimum Gasteiger partial charge on any atom is -0.424 e. The molecule has 20 heavy (non-hydrogen) atoms. The Hall–Kier alpha value is -2.11. The van der Waals surface area contributed by atoms with Crippen LogP contribution in [0.5, 0.6) is 0 Å². The Morgan fingerprint density at radius 3 is 2.95 bits per heavy atom. The van der Waals surface area contributed by atoms with Gasteiger partial charge in [-0.25, -0.2) is 0 Å². The molecular formula is C14H17N3O3. The van der Waals surface area contributed by atoms with E-state index in [2.05, 4.69) is 24.1 Å². The van der Waals surface area contributed by atoms with Gasteiger partial charge in [-0.15, -0.1) is 0 Å². The first kappa shape index (κ1) is 12.9. The Balaban J connectivity index is 1.81. The standard InChI is InChI=1S/C14H17N3O3/c1-14(2)6-5-9(8-14)15-13-16-11-7-10(17(18)19)3-4-12(11)20-13/h3-4,7,9H,5-6,8H2,1-2H3,(H,15,16). The maximum Gasteiger partial charge on any atom is 0.295 e. The van der Waals surface area contributed by atoms with Gasteiger partial charge in [0, 0.05) is 18.2 Å². The van der Waals surface area contributed by atoms with E-state index in [1.54, 1.807) is 6.07 Å². The van der Waals surface area contributed by atoms with Crippen LogP contribution in [-0.2, 0) is 0 Å². The average Bonchev–Trinajstić information content (AvgIpc) is 2.91. The molecule has 1 aromatic heterocycles. The van der Waals surface area contributed by atoms with Crippen molar-refractivity contribution in [3.8, 4) is 0 Å². The molecule has 1 fully saturated rings. The highest BCUT2D eigenvalue weighted by Gasteiger charge is 2.31. The largest absolute Gasteiger partial charge is 0.424 e. The average molecular weight is 275 g/mol. The minimum absolute atomic E-state index is 0.0272. The Morgan fingerprint density at radius 1 is 1.50 bits per heavy atom. The molecule has 1 aliphatic carbocycles. The fraction of sp³-hybridized carbons (Fsp3) is 0.500. The van der Waals surface area contributed by atoms with Gasteiger partial charge in [-0.1, -0.05) is 13.8 Å². The van der Waals surface area contributed by atoms with Gasteiger partial charge in [0.05, 0.1) is 4.92 Å². The molecular weight excluding hydrogens is 258 g/mol. The van der Waals surface area contributed by atoms with Crippen molar-refractivity contribution in [3.05, 3.63) is 28.3 Å². The zero-order chi connectivity index (χ0) is 14.3. The minimum atomic E-state index is -0.430. The van der Waals surface area contributed by atoms with Crippen molar-refractivity contribution >= 4 is 22.8 Å². The number of non-ortho nitro benzene ring substituents is 1. The number of oxazole rings is 1. The molecule has 1 aromatic carbocycles. The van der Waals surface area contributed by atoms with Crippen LogP contribution in [0.25, 0.3) is 11.1 Å². The second kappa shape index (κ2) is 4.47. The predicted molar refractivity (Wildman–Crippen MR) is 75.7 cm³/mol. The summed E-state index contributed by atoms with van der Waals surface area (Å²) in [5.41, 5.74) is 1.45. The molecule has 0 spiro atoms. The van der Waals surface area contributed by atoms with E-state index >= 15 is 0 Å². The van der Waals surface area contributed by atoms with Crippen molar-refractivity contribution in [2.75, 3.05) is 5.32 Å². The lowest BCUT2D eigenvalue weighted by atomic mass is 9.92. The van der Waals surface area contributed by atoms with Gasteiger partial charge in [-0.2, -0.15) is 4.98 Å². The van der Waals surface area contributed by atoms with Gasteiger partial charge in [-0.05, 0) is 30.7 Å². The first-order valence-electron chi connectivity index (χ1n) is 6.74. The van der Waals surface area contributed by atoms with E-state index in [9.17, 15) is 10.1 Å². The summed E-state index contributed by atoms with van der Waals surface area (Å²) in [6, 6.07) is 5.25. The van der Waals surface area contributed by atoms with Gasteiger partial charge in [0.1, 0.15) is 5.52 Å². The Bertz CT molecular complexity index is 663. The molecule has 0 aliphatic heterocycles. The van der Waals surface area contributed by atoms with Crippen molar-refractivity contribution in [2.24, 2.45) is 5.41 Å². The third-order valence-electron chi connectivity index (χ3n) is 3.88. The van der Waals surface area contributed by atoms with Crippen LogP contribution in [0.3, 0.4) is 0 Å². The number of aromatic nitrogens is 1. The number of nitro benzene ring substituents is 1. The summed E-state index contributed by atoms with van der Waals surface area (Å²) in [6.45, 7) is 4.51. The van der Waals surface area contributed by atoms with Crippen LogP contribution < -0.4 is 5.32 Å². The second-order valence-electron chi connectivity index (χ2n) is 6.18. The molecule has 0 amide bonds. The summed E-state index contributed by atoms with van der Waals surface area (Å²) in [6.07, 6.45) is 3.34. The van der Waals surface area contributed by atoms with E-state index in [0.29, 0.717) is 28.6 Å². The van der Waals surface area contributed by atoms with E-state index in [0.717, 1.165) is 12.8 Å². The van der Waals surface area contributed by atoms with Crippen molar-refractivity contribution in [1.82, 2.24) is 4.98 Å². The van der Waals surface area contributed by atoms with Crippen molar-refractivity contribution in [1.29, 1.82) is 0 Å². The number of nitrogens with zero attached hydrogens (tertiary/aromatic N) is 2. The number of nitrogens with one attached hydrogen (secondary N) is 1. The van der Waals surface area contributed by atoms with E-state index < -0.39 is 4.92 Å². The van der Waals surface area contributed by atoms with Gasteiger partial charge in [0.25, 0.3) is 11.7 Å². The molecule has 1 aliphatic rings. The highest BCUT2D eigenvalue weighted by atomic mass is 16.6. The number of fused-ring (bicyclic) bond motifs is 1. The fourth-order valence-corrected chi connectivity index (χ4v) is 2.83. The number of hydrogen-bond acceptors (Lipinski definition) is 5. The normalized spacial score (nSPS) is 21.2. The van der Waals surface area contributed by atoms with Gasteiger partial charge >= 0.3 is 0 Å². The predicted octanol–water partition coefficient (Wildman–Crippen LogP) is 3.73. The van der Waals surface area contributed by atoms with E-state index in [1.165, 1.54) is 18.6 Å². The zero-order valence-electron chi connectivity index (χ0n) is 11.5. The molecule has 1 saturated carbocycles. The number of anilines is 1. The summed E-state index contributed by atoms with van der Waals surface area (Å²) in [4.78, 5) is 14.6. The lowest BCUT2D eigenvalue weighted by Gasteiger charge is -2.16. The SMILES string of the molecule is CC1(C)CCC(Nc2nc3cc([N+](=O)[O-])ccc3o2)C1.